The van der Waals surface area contributed by atoms with Crippen LogP contribution in [0.5, 0.6) is 0 Å². The molecule has 0 spiro atoms. The van der Waals surface area contributed by atoms with E-state index in [4.69, 9.17) is 4.52 Å². The van der Waals surface area contributed by atoms with Crippen LogP contribution in [0.4, 0.5) is 0 Å². The van der Waals surface area contributed by atoms with Gasteiger partial charge in [0.15, 0.2) is 5.82 Å². The summed E-state index contributed by atoms with van der Waals surface area (Å²) in [4.78, 5) is 36.8. The van der Waals surface area contributed by atoms with Gasteiger partial charge >= 0.3 is 0 Å². The van der Waals surface area contributed by atoms with Crippen molar-refractivity contribution < 1.29 is 14.1 Å². The summed E-state index contributed by atoms with van der Waals surface area (Å²) < 4.78 is 5.21. The first kappa shape index (κ1) is 22.6. The molecular weight excluding hydrogens is 418 g/mol. The quantitative estimate of drug-likeness (QED) is 0.619. The number of aryl methyl sites for hydroxylation is 3. The number of carbonyl (C=O) groups is 2. The first-order valence-corrected chi connectivity index (χ1v) is 11.3. The summed E-state index contributed by atoms with van der Waals surface area (Å²) in [5.41, 5.74) is 3.66. The summed E-state index contributed by atoms with van der Waals surface area (Å²) in [6.45, 7) is 6.58. The molecule has 1 aromatic carbocycles. The summed E-state index contributed by atoms with van der Waals surface area (Å²) in [6.07, 6.45) is 4.57. The van der Waals surface area contributed by atoms with Gasteiger partial charge in [-0.15, -0.1) is 0 Å². The molecule has 1 saturated heterocycles. The molecule has 4 rings (SSSR count). The number of nitrogens with zero attached hydrogens (tertiary/aromatic N) is 4. The number of benzene rings is 1. The number of carbonyl (C=O) groups excluding carboxylic acids is 2. The molecule has 2 aromatic heterocycles. The largest absolute Gasteiger partial charge is 0.361 e. The van der Waals surface area contributed by atoms with Crippen molar-refractivity contribution in [2.24, 2.45) is 0 Å². The molecule has 2 amide bonds. The van der Waals surface area contributed by atoms with Crippen LogP contribution >= 0.6 is 0 Å². The van der Waals surface area contributed by atoms with Crippen molar-refractivity contribution in [2.45, 2.75) is 59.0 Å². The molecule has 0 bridgehead atoms. The molecule has 0 radical (unpaired) electrons. The van der Waals surface area contributed by atoms with E-state index in [0.29, 0.717) is 35.9 Å². The first-order chi connectivity index (χ1) is 15.9. The lowest BCUT2D eigenvalue weighted by atomic mass is 9.99. The minimum absolute atomic E-state index is 0.0139. The van der Waals surface area contributed by atoms with Gasteiger partial charge in [-0.2, -0.15) is 0 Å². The molecule has 1 aliphatic rings. The third-order valence-corrected chi connectivity index (χ3v) is 6.17. The molecule has 1 atom stereocenters. The molecule has 33 heavy (non-hydrogen) atoms. The summed E-state index contributed by atoms with van der Waals surface area (Å²) in [7, 11) is 0. The Balaban J connectivity index is 1.48. The lowest BCUT2D eigenvalue weighted by Gasteiger charge is -2.35. The smallest absolute Gasteiger partial charge is 0.254 e. The predicted molar refractivity (Wildman–Crippen MR) is 122 cm³/mol. The molecular formula is C25H29N5O3. The average Bonchev–Trinajstić information content (AvgIpc) is 3.15. The van der Waals surface area contributed by atoms with Crippen LogP contribution in [-0.2, 0) is 17.8 Å². The van der Waals surface area contributed by atoms with Crippen molar-refractivity contribution in [3.8, 4) is 0 Å². The maximum atomic E-state index is 13.2. The van der Waals surface area contributed by atoms with E-state index >= 15 is 0 Å². The monoisotopic (exact) mass is 447 g/mol. The fourth-order valence-corrected chi connectivity index (χ4v) is 4.25. The van der Waals surface area contributed by atoms with E-state index in [9.17, 15) is 9.59 Å². The number of aromatic nitrogens is 3. The van der Waals surface area contributed by atoms with E-state index in [1.54, 1.807) is 6.20 Å². The van der Waals surface area contributed by atoms with Crippen LogP contribution in [0.15, 0.2) is 41.1 Å². The highest BCUT2D eigenvalue weighted by molar-refractivity contribution is 5.94. The Hall–Kier alpha value is -3.55. The SMILES string of the molecule is Cc1nc(C2CCCCN2C(=O)Cc2c(C)noc2C)ncc1C(=O)NCc1ccccc1. The Bertz CT molecular complexity index is 1120. The lowest BCUT2D eigenvalue weighted by molar-refractivity contribution is -0.134. The number of likely N-dealkylation sites (tertiary alicyclic amines) is 1. The zero-order valence-electron chi connectivity index (χ0n) is 19.3. The molecule has 1 aliphatic heterocycles. The summed E-state index contributed by atoms with van der Waals surface area (Å²) in [5.74, 6) is 1.06. The predicted octanol–water partition coefficient (Wildman–Crippen LogP) is 3.62. The van der Waals surface area contributed by atoms with Gasteiger partial charge < -0.3 is 14.7 Å². The number of piperidine rings is 1. The van der Waals surface area contributed by atoms with Crippen LogP contribution in [0.3, 0.4) is 0 Å². The summed E-state index contributed by atoms with van der Waals surface area (Å²) in [6, 6.07) is 9.54. The first-order valence-electron chi connectivity index (χ1n) is 11.3. The van der Waals surface area contributed by atoms with Crippen molar-refractivity contribution in [3.63, 3.8) is 0 Å². The van der Waals surface area contributed by atoms with E-state index in [0.717, 1.165) is 36.1 Å². The molecule has 0 saturated carbocycles. The van der Waals surface area contributed by atoms with Crippen LogP contribution < -0.4 is 5.32 Å². The van der Waals surface area contributed by atoms with E-state index in [1.165, 1.54) is 0 Å². The van der Waals surface area contributed by atoms with E-state index < -0.39 is 0 Å². The second-order valence-corrected chi connectivity index (χ2v) is 8.47. The van der Waals surface area contributed by atoms with Gasteiger partial charge in [0, 0.05) is 24.8 Å². The minimum atomic E-state index is -0.210. The molecule has 8 nitrogen and oxygen atoms in total. The number of hydrogen-bond donors (Lipinski definition) is 1. The number of amides is 2. The van der Waals surface area contributed by atoms with Crippen LogP contribution in [0.1, 0.15) is 69.8 Å². The summed E-state index contributed by atoms with van der Waals surface area (Å²) >= 11 is 0. The number of nitrogens with one attached hydrogen (secondary N) is 1. The van der Waals surface area contributed by atoms with Crippen LogP contribution in [0.2, 0.25) is 0 Å². The summed E-state index contributed by atoms with van der Waals surface area (Å²) in [5, 5.41) is 6.87. The molecule has 3 heterocycles. The average molecular weight is 448 g/mol. The molecule has 3 aromatic rings. The Morgan fingerprint density at radius 1 is 1.12 bits per heavy atom. The van der Waals surface area contributed by atoms with Crippen LogP contribution in [-0.4, -0.2) is 38.4 Å². The molecule has 1 N–H and O–H groups in total. The van der Waals surface area contributed by atoms with Gasteiger partial charge in [-0.1, -0.05) is 35.5 Å². The molecule has 172 valence electrons. The zero-order valence-corrected chi connectivity index (χ0v) is 19.3. The third-order valence-electron chi connectivity index (χ3n) is 6.17. The van der Waals surface area contributed by atoms with Gasteiger partial charge in [0.1, 0.15) is 5.76 Å². The Kier molecular flexibility index (Phi) is 6.82. The van der Waals surface area contributed by atoms with Gasteiger partial charge in [0.2, 0.25) is 5.91 Å². The van der Waals surface area contributed by atoms with Crippen LogP contribution in [0, 0.1) is 20.8 Å². The maximum Gasteiger partial charge on any atom is 0.254 e. The maximum absolute atomic E-state index is 13.2. The van der Waals surface area contributed by atoms with Gasteiger partial charge in [-0.05, 0) is 45.6 Å². The van der Waals surface area contributed by atoms with Crippen molar-refractivity contribution in [1.82, 2.24) is 25.3 Å². The van der Waals surface area contributed by atoms with E-state index in [-0.39, 0.29) is 24.3 Å². The number of rotatable bonds is 6. The van der Waals surface area contributed by atoms with Gasteiger partial charge in [0.05, 0.1) is 29.4 Å². The van der Waals surface area contributed by atoms with Gasteiger partial charge in [0.25, 0.3) is 5.91 Å². The lowest BCUT2D eigenvalue weighted by Crippen LogP contribution is -2.40. The fraction of sp³-hybridized carbons (Fsp3) is 0.400. The Morgan fingerprint density at radius 3 is 2.61 bits per heavy atom. The second kappa shape index (κ2) is 9.94. The van der Waals surface area contributed by atoms with Gasteiger partial charge in [-0.3, -0.25) is 9.59 Å². The third kappa shape index (κ3) is 5.10. The number of hydrogen-bond acceptors (Lipinski definition) is 6. The molecule has 1 fully saturated rings. The van der Waals surface area contributed by atoms with Crippen molar-refractivity contribution in [3.05, 3.63) is 76.2 Å². The fourth-order valence-electron chi connectivity index (χ4n) is 4.25. The van der Waals surface area contributed by atoms with Gasteiger partial charge in [-0.25, -0.2) is 9.97 Å². The standard InChI is InChI=1S/C25H29N5O3/c1-16-21(25(32)27-14-19-9-5-4-6-10-19)15-26-24(28-16)22-11-7-8-12-30(22)23(31)13-20-17(2)29-33-18(20)3/h4-6,9-10,15,22H,7-8,11-14H2,1-3H3,(H,27,32). The zero-order chi connectivity index (χ0) is 23.4. The van der Waals surface area contributed by atoms with Crippen LogP contribution in [0.25, 0.3) is 0 Å². The minimum Gasteiger partial charge on any atom is -0.361 e. The molecule has 8 heteroatoms. The normalized spacial score (nSPS) is 16.0. The highest BCUT2D eigenvalue weighted by Crippen LogP contribution is 2.30. The Labute approximate surface area is 193 Å². The van der Waals surface area contributed by atoms with Crippen molar-refractivity contribution in [1.29, 1.82) is 0 Å². The highest BCUT2D eigenvalue weighted by Gasteiger charge is 2.31. The topological polar surface area (TPSA) is 101 Å². The van der Waals surface area contributed by atoms with E-state index in [2.05, 4.69) is 20.4 Å². The molecule has 0 aliphatic carbocycles. The van der Waals surface area contributed by atoms with Crippen molar-refractivity contribution >= 4 is 11.8 Å². The molecule has 1 unspecified atom stereocenters. The highest BCUT2D eigenvalue weighted by atomic mass is 16.5. The van der Waals surface area contributed by atoms with E-state index in [1.807, 2.05) is 56.0 Å². The Morgan fingerprint density at radius 2 is 1.91 bits per heavy atom. The second-order valence-electron chi connectivity index (χ2n) is 8.47. The van der Waals surface area contributed by atoms with Crippen molar-refractivity contribution in [2.75, 3.05) is 6.54 Å².